The molecule has 2 aromatic carbocycles. The zero-order valence-corrected chi connectivity index (χ0v) is 14.1. The summed E-state index contributed by atoms with van der Waals surface area (Å²) in [7, 11) is -9.20. The van der Waals surface area contributed by atoms with E-state index in [0.29, 0.717) is 11.5 Å². The van der Waals surface area contributed by atoms with Gasteiger partial charge in [0.2, 0.25) is 0 Å². The number of H-pyrrole nitrogens is 1. The van der Waals surface area contributed by atoms with E-state index in [2.05, 4.69) is 9.71 Å². The van der Waals surface area contributed by atoms with Gasteiger partial charge < -0.3 is 4.98 Å². The number of hydrogen-bond donors (Lipinski definition) is 2. The van der Waals surface area contributed by atoms with Gasteiger partial charge in [-0.1, -0.05) is 12.1 Å². The van der Waals surface area contributed by atoms with Gasteiger partial charge in [0.05, 0.1) is 9.79 Å². The molecule has 3 aromatic rings. The average molecular weight is 382 g/mol. The molecule has 0 atom stereocenters. The Balaban J connectivity index is 2.02. The maximum atomic E-state index is 13.1. The minimum Gasteiger partial charge on any atom is -0.329 e. The summed E-state index contributed by atoms with van der Waals surface area (Å²) >= 11 is 0. The summed E-state index contributed by atoms with van der Waals surface area (Å²) in [6.45, 7) is 0. The second-order valence-electron chi connectivity index (χ2n) is 5.13. The topological polar surface area (TPSA) is 113 Å². The van der Waals surface area contributed by atoms with Crippen LogP contribution in [-0.2, 0) is 20.2 Å². The van der Waals surface area contributed by atoms with Crippen LogP contribution in [0.15, 0.2) is 69.3 Å². The lowest BCUT2D eigenvalue weighted by Gasteiger charge is -2.09. The first-order chi connectivity index (χ1) is 11.7. The number of aromatic amines is 1. The highest BCUT2D eigenvalue weighted by molar-refractivity contribution is 7.92. The van der Waals surface area contributed by atoms with E-state index < -0.39 is 30.0 Å². The van der Waals surface area contributed by atoms with E-state index >= 15 is 0 Å². The molecule has 0 unspecified atom stereocenters. The average Bonchev–Trinajstić information content (AvgIpc) is 2.55. The first-order valence-electron chi connectivity index (χ1n) is 6.86. The minimum atomic E-state index is -5.03. The molecule has 0 aliphatic heterocycles. The molecular formula is C15H11FN2O5S2. The van der Waals surface area contributed by atoms with Gasteiger partial charge in [-0.3, -0.25) is 9.52 Å². The Morgan fingerprint density at radius 2 is 1.64 bits per heavy atom. The monoisotopic (exact) mass is 382 g/mol. The summed E-state index contributed by atoms with van der Waals surface area (Å²) in [5, 5.41) is 0.903. The molecule has 0 fully saturated rings. The molecule has 3 rings (SSSR count). The first kappa shape index (κ1) is 17.1. The smallest absolute Gasteiger partial charge is 0.329 e. The van der Waals surface area contributed by atoms with Crippen molar-refractivity contribution in [2.75, 3.05) is 4.72 Å². The SMILES string of the molecule is O=c1[nH]ccc2ccc(NS(=O)(=O)c3cccc(S(=O)(=O)F)c3)cc12. The quantitative estimate of drug-likeness (QED) is 0.670. The largest absolute Gasteiger partial charge is 0.332 e. The van der Waals surface area contributed by atoms with Gasteiger partial charge in [0.15, 0.2) is 0 Å². The second-order valence-corrected chi connectivity index (χ2v) is 8.16. The number of rotatable bonds is 4. The van der Waals surface area contributed by atoms with Crippen LogP contribution in [0.5, 0.6) is 0 Å². The van der Waals surface area contributed by atoms with Crippen molar-refractivity contribution in [1.82, 2.24) is 4.98 Å². The second kappa shape index (κ2) is 5.97. The normalized spacial score (nSPS) is 12.2. The van der Waals surface area contributed by atoms with Gasteiger partial charge in [0, 0.05) is 17.3 Å². The Morgan fingerprint density at radius 1 is 0.920 bits per heavy atom. The minimum absolute atomic E-state index is 0.109. The molecule has 130 valence electrons. The zero-order valence-electron chi connectivity index (χ0n) is 12.4. The molecule has 7 nitrogen and oxygen atoms in total. The molecule has 0 saturated carbocycles. The highest BCUT2D eigenvalue weighted by Gasteiger charge is 2.19. The number of hydrogen-bond acceptors (Lipinski definition) is 5. The van der Waals surface area contributed by atoms with Crippen LogP contribution in [0.1, 0.15) is 0 Å². The van der Waals surface area contributed by atoms with Gasteiger partial charge in [0.25, 0.3) is 15.6 Å². The molecule has 2 N–H and O–H groups in total. The molecule has 0 radical (unpaired) electrons. The lowest BCUT2D eigenvalue weighted by molar-refractivity contribution is 0.552. The molecule has 0 amide bonds. The number of sulfonamides is 1. The molecule has 1 heterocycles. The number of halogens is 1. The van der Waals surface area contributed by atoms with E-state index in [1.165, 1.54) is 18.3 Å². The van der Waals surface area contributed by atoms with Crippen LogP contribution in [-0.4, -0.2) is 21.8 Å². The van der Waals surface area contributed by atoms with Gasteiger partial charge in [-0.15, -0.1) is 3.89 Å². The van der Waals surface area contributed by atoms with Crippen LogP contribution in [0.25, 0.3) is 10.8 Å². The Hall–Kier alpha value is -2.72. The molecule has 25 heavy (non-hydrogen) atoms. The van der Waals surface area contributed by atoms with Crippen molar-refractivity contribution >= 4 is 36.7 Å². The fourth-order valence-electron chi connectivity index (χ4n) is 2.25. The molecule has 1 aromatic heterocycles. The lowest BCUT2D eigenvalue weighted by Crippen LogP contribution is -2.14. The number of nitrogens with one attached hydrogen (secondary N) is 2. The van der Waals surface area contributed by atoms with Crippen molar-refractivity contribution in [1.29, 1.82) is 0 Å². The highest BCUT2D eigenvalue weighted by Crippen LogP contribution is 2.22. The summed E-state index contributed by atoms with van der Waals surface area (Å²) in [6.07, 6.45) is 1.47. The fourth-order valence-corrected chi connectivity index (χ4v) is 3.93. The predicted octanol–water partition coefficient (Wildman–Crippen LogP) is 1.99. The number of pyridine rings is 1. The highest BCUT2D eigenvalue weighted by atomic mass is 32.3. The van der Waals surface area contributed by atoms with Crippen molar-refractivity contribution in [3.05, 3.63) is 65.1 Å². The Labute approximate surface area is 142 Å². The number of aromatic nitrogens is 1. The third kappa shape index (κ3) is 3.54. The van der Waals surface area contributed by atoms with Crippen molar-refractivity contribution in [2.45, 2.75) is 9.79 Å². The third-order valence-corrected chi connectivity index (χ3v) is 5.62. The van der Waals surface area contributed by atoms with E-state index in [4.69, 9.17) is 0 Å². The van der Waals surface area contributed by atoms with Crippen LogP contribution in [0.3, 0.4) is 0 Å². The number of fused-ring (bicyclic) bond motifs is 1. The molecular weight excluding hydrogens is 371 g/mol. The standard InChI is InChI=1S/C15H11FN2O5S2/c16-24(20,21)12-2-1-3-13(9-12)25(22,23)18-11-5-4-10-6-7-17-15(19)14(10)8-11/h1-9,18H,(H,17,19). The van der Waals surface area contributed by atoms with E-state index in [0.717, 1.165) is 18.2 Å². The van der Waals surface area contributed by atoms with Crippen molar-refractivity contribution < 1.29 is 20.7 Å². The van der Waals surface area contributed by atoms with Gasteiger partial charge in [-0.25, -0.2) is 8.42 Å². The number of anilines is 1. The van der Waals surface area contributed by atoms with Crippen molar-refractivity contribution in [2.24, 2.45) is 0 Å². The van der Waals surface area contributed by atoms with Gasteiger partial charge in [-0.05, 0) is 41.8 Å². The maximum absolute atomic E-state index is 13.1. The van der Waals surface area contributed by atoms with Gasteiger partial charge in [-0.2, -0.15) is 8.42 Å². The number of benzene rings is 2. The van der Waals surface area contributed by atoms with Gasteiger partial charge >= 0.3 is 10.2 Å². The summed E-state index contributed by atoms with van der Waals surface area (Å²) in [6, 6.07) is 9.93. The van der Waals surface area contributed by atoms with E-state index in [9.17, 15) is 25.5 Å². The summed E-state index contributed by atoms with van der Waals surface area (Å²) < 4.78 is 61.9. The third-order valence-electron chi connectivity index (χ3n) is 3.42. The van der Waals surface area contributed by atoms with E-state index in [1.807, 2.05) is 0 Å². The summed E-state index contributed by atoms with van der Waals surface area (Å²) in [5.74, 6) is 0. The zero-order chi connectivity index (χ0) is 18.2. The van der Waals surface area contributed by atoms with Gasteiger partial charge in [0.1, 0.15) is 0 Å². The van der Waals surface area contributed by atoms with Crippen LogP contribution in [0.4, 0.5) is 9.57 Å². The maximum Gasteiger partial charge on any atom is 0.332 e. The Bertz CT molecular complexity index is 1230. The summed E-state index contributed by atoms with van der Waals surface area (Å²) in [5.41, 5.74) is -0.276. The first-order valence-corrected chi connectivity index (χ1v) is 9.72. The Morgan fingerprint density at radius 3 is 2.36 bits per heavy atom. The Kier molecular flexibility index (Phi) is 4.09. The van der Waals surface area contributed by atoms with Crippen LogP contribution in [0, 0.1) is 0 Å². The lowest BCUT2D eigenvalue weighted by atomic mass is 10.1. The van der Waals surface area contributed by atoms with Crippen molar-refractivity contribution in [3.63, 3.8) is 0 Å². The van der Waals surface area contributed by atoms with Crippen molar-refractivity contribution in [3.8, 4) is 0 Å². The van der Waals surface area contributed by atoms with E-state index in [-0.39, 0.29) is 16.6 Å². The molecule has 0 bridgehead atoms. The molecule has 10 heteroatoms. The van der Waals surface area contributed by atoms with Crippen LogP contribution in [0.2, 0.25) is 0 Å². The predicted molar refractivity (Wildman–Crippen MR) is 90.1 cm³/mol. The molecule has 0 saturated heterocycles. The molecule has 0 aliphatic carbocycles. The molecule has 0 aliphatic rings. The van der Waals surface area contributed by atoms with Crippen LogP contribution >= 0.6 is 0 Å². The van der Waals surface area contributed by atoms with Crippen LogP contribution < -0.4 is 10.3 Å². The fraction of sp³-hybridized carbons (Fsp3) is 0. The summed E-state index contributed by atoms with van der Waals surface area (Å²) in [4.78, 5) is 13.1. The van der Waals surface area contributed by atoms with E-state index in [1.54, 1.807) is 12.1 Å². The molecule has 0 spiro atoms.